The highest BCUT2D eigenvalue weighted by Crippen LogP contribution is 2.49. The molecule has 1 atom stereocenters. The Morgan fingerprint density at radius 1 is 1.00 bits per heavy atom. The second kappa shape index (κ2) is 9.70. The molecule has 1 N–H and O–H groups in total. The van der Waals surface area contributed by atoms with E-state index in [2.05, 4.69) is 10.2 Å². The molecule has 2 fully saturated rings. The van der Waals surface area contributed by atoms with Gasteiger partial charge in [0.25, 0.3) is 5.91 Å². The van der Waals surface area contributed by atoms with Gasteiger partial charge in [-0.25, -0.2) is 8.78 Å². The van der Waals surface area contributed by atoms with Gasteiger partial charge in [0.1, 0.15) is 17.2 Å². The van der Waals surface area contributed by atoms with Crippen LogP contribution in [0.2, 0.25) is 0 Å². The van der Waals surface area contributed by atoms with Crippen molar-refractivity contribution in [2.24, 2.45) is 5.41 Å². The van der Waals surface area contributed by atoms with Crippen LogP contribution in [0.15, 0.2) is 42.5 Å². The first-order valence-electron chi connectivity index (χ1n) is 12.1. The highest BCUT2D eigenvalue weighted by atomic mass is 19.4. The molecule has 37 heavy (non-hydrogen) atoms. The van der Waals surface area contributed by atoms with E-state index in [9.17, 15) is 31.5 Å². The lowest BCUT2D eigenvalue weighted by Crippen LogP contribution is -2.58. The fraction of sp³-hybridized carbons (Fsp3) is 0.481. The van der Waals surface area contributed by atoms with Crippen LogP contribution >= 0.6 is 0 Å². The summed E-state index contributed by atoms with van der Waals surface area (Å²) in [4.78, 5) is 29.9. The number of piperidine rings is 1. The molecule has 2 aromatic rings. The number of likely N-dealkylation sites (N-methyl/N-ethyl adjacent to an activating group) is 1. The van der Waals surface area contributed by atoms with Gasteiger partial charge in [0.2, 0.25) is 5.91 Å². The van der Waals surface area contributed by atoms with E-state index in [-0.39, 0.29) is 17.2 Å². The van der Waals surface area contributed by atoms with E-state index >= 15 is 0 Å². The summed E-state index contributed by atoms with van der Waals surface area (Å²) in [5.74, 6) is -2.70. The lowest BCUT2D eigenvalue weighted by atomic mass is 9.68. The molecule has 0 bridgehead atoms. The van der Waals surface area contributed by atoms with Gasteiger partial charge < -0.3 is 15.1 Å². The molecule has 2 aliphatic rings. The number of likely N-dealkylation sites (tertiary alicyclic amines) is 2. The van der Waals surface area contributed by atoms with Gasteiger partial charge >= 0.3 is 6.18 Å². The summed E-state index contributed by atoms with van der Waals surface area (Å²) in [6, 6.07) is 8.13. The minimum absolute atomic E-state index is 0.0854. The summed E-state index contributed by atoms with van der Waals surface area (Å²) >= 11 is 0. The Hall–Kier alpha value is -3.01. The number of hydrogen-bond donors (Lipinski definition) is 1. The average molecular weight is 524 g/mol. The zero-order valence-electron chi connectivity index (χ0n) is 21.0. The molecule has 0 aromatic heterocycles. The minimum atomic E-state index is -4.74. The molecular weight excluding hydrogens is 493 g/mol. The summed E-state index contributed by atoms with van der Waals surface area (Å²) in [5.41, 5.74) is -2.42. The van der Waals surface area contributed by atoms with Crippen LogP contribution in [0.1, 0.15) is 54.1 Å². The van der Waals surface area contributed by atoms with Crippen LogP contribution in [-0.2, 0) is 11.0 Å². The van der Waals surface area contributed by atoms with Gasteiger partial charge in [0.15, 0.2) is 0 Å². The molecule has 0 radical (unpaired) electrons. The summed E-state index contributed by atoms with van der Waals surface area (Å²) < 4.78 is 66.8. The Balaban J connectivity index is 1.45. The first-order valence-corrected chi connectivity index (χ1v) is 12.1. The van der Waals surface area contributed by atoms with E-state index in [0.717, 1.165) is 18.7 Å². The van der Waals surface area contributed by atoms with Crippen LogP contribution in [-0.4, -0.2) is 60.4 Å². The number of amides is 2. The molecule has 200 valence electrons. The van der Waals surface area contributed by atoms with Gasteiger partial charge in [0.05, 0.1) is 11.1 Å². The first-order chi connectivity index (χ1) is 17.2. The summed E-state index contributed by atoms with van der Waals surface area (Å²) in [6.07, 6.45) is -3.33. The third-order valence-corrected chi connectivity index (χ3v) is 7.64. The van der Waals surface area contributed by atoms with E-state index < -0.39 is 40.5 Å². The molecule has 2 amide bonds. The van der Waals surface area contributed by atoms with Gasteiger partial charge in [-0.3, -0.25) is 9.59 Å². The second-order valence-corrected chi connectivity index (χ2v) is 10.7. The number of carbonyl (C=O) groups is 2. The third-order valence-electron chi connectivity index (χ3n) is 7.64. The van der Waals surface area contributed by atoms with Crippen molar-refractivity contribution in [3.63, 3.8) is 0 Å². The van der Waals surface area contributed by atoms with E-state index in [4.69, 9.17) is 0 Å². The molecule has 0 aliphatic carbocycles. The summed E-state index contributed by atoms with van der Waals surface area (Å²) in [6.45, 7) is 5.43. The molecule has 1 unspecified atom stereocenters. The Morgan fingerprint density at radius 3 is 2.22 bits per heavy atom. The second-order valence-electron chi connectivity index (χ2n) is 10.7. The van der Waals surface area contributed by atoms with E-state index in [1.54, 1.807) is 4.90 Å². The molecular formula is C27H30F5N3O2. The van der Waals surface area contributed by atoms with Crippen molar-refractivity contribution in [1.82, 2.24) is 15.1 Å². The number of rotatable bonds is 4. The normalized spacial score (nSPS) is 20.3. The van der Waals surface area contributed by atoms with Crippen LogP contribution in [0, 0.1) is 17.0 Å². The maximum atomic E-state index is 14.2. The van der Waals surface area contributed by atoms with Crippen molar-refractivity contribution >= 4 is 11.8 Å². The SMILES string of the molecule is CN1CC(c2ccc(F)cc2)C2(CCN(C(=O)C(C)(C)NC(=O)c3cc(C(F)(F)F)ccc3F)CC2)C1. The van der Waals surface area contributed by atoms with Gasteiger partial charge in [0, 0.05) is 32.1 Å². The van der Waals surface area contributed by atoms with Crippen LogP contribution in [0.25, 0.3) is 0 Å². The molecule has 0 saturated carbocycles. The molecule has 2 saturated heterocycles. The molecule has 2 heterocycles. The largest absolute Gasteiger partial charge is 0.416 e. The highest BCUT2D eigenvalue weighted by molar-refractivity contribution is 5.99. The standard InChI is InChI=1S/C27H30F5N3O2/c1-25(2,33-23(36)20-14-18(27(30,31)32)6-9-22(20)29)24(37)35-12-10-26(11-13-35)16-34(3)15-21(26)17-4-7-19(28)8-5-17/h4-9,14,21H,10-13,15-16H2,1-3H3,(H,33,36). The zero-order chi connectivity index (χ0) is 27.2. The Morgan fingerprint density at radius 2 is 1.62 bits per heavy atom. The van der Waals surface area contributed by atoms with E-state index in [1.807, 2.05) is 19.2 Å². The van der Waals surface area contributed by atoms with Crippen LogP contribution in [0.5, 0.6) is 0 Å². The van der Waals surface area contributed by atoms with Crippen LogP contribution in [0.4, 0.5) is 22.0 Å². The molecule has 10 heteroatoms. The smallest absolute Gasteiger partial charge is 0.341 e. The topological polar surface area (TPSA) is 52.6 Å². The Kier molecular flexibility index (Phi) is 7.09. The lowest BCUT2D eigenvalue weighted by Gasteiger charge is -2.44. The number of halogens is 5. The van der Waals surface area contributed by atoms with Crippen molar-refractivity contribution in [3.05, 3.63) is 70.8 Å². The van der Waals surface area contributed by atoms with Crippen molar-refractivity contribution in [3.8, 4) is 0 Å². The fourth-order valence-corrected chi connectivity index (χ4v) is 5.71. The molecule has 4 rings (SSSR count). The fourth-order valence-electron chi connectivity index (χ4n) is 5.71. The third kappa shape index (κ3) is 5.49. The van der Waals surface area contributed by atoms with E-state index in [0.29, 0.717) is 44.1 Å². The number of nitrogens with zero attached hydrogens (tertiary/aromatic N) is 2. The van der Waals surface area contributed by atoms with Crippen molar-refractivity contribution in [1.29, 1.82) is 0 Å². The average Bonchev–Trinajstić information content (AvgIpc) is 3.14. The molecule has 5 nitrogen and oxygen atoms in total. The van der Waals surface area contributed by atoms with Crippen LogP contribution in [0.3, 0.4) is 0 Å². The Bertz CT molecular complexity index is 1170. The number of hydrogen-bond acceptors (Lipinski definition) is 3. The number of nitrogens with one attached hydrogen (secondary N) is 1. The minimum Gasteiger partial charge on any atom is -0.341 e. The number of carbonyl (C=O) groups excluding carboxylic acids is 2. The zero-order valence-corrected chi connectivity index (χ0v) is 21.0. The van der Waals surface area contributed by atoms with Crippen molar-refractivity contribution in [2.45, 2.75) is 44.3 Å². The van der Waals surface area contributed by atoms with Gasteiger partial charge in [-0.1, -0.05) is 12.1 Å². The van der Waals surface area contributed by atoms with Gasteiger partial charge in [-0.2, -0.15) is 13.2 Å². The van der Waals surface area contributed by atoms with Gasteiger partial charge in [-0.15, -0.1) is 0 Å². The molecule has 1 spiro atoms. The number of alkyl halides is 3. The van der Waals surface area contributed by atoms with Crippen molar-refractivity contribution in [2.75, 3.05) is 33.2 Å². The lowest BCUT2D eigenvalue weighted by molar-refractivity contribution is -0.139. The maximum Gasteiger partial charge on any atom is 0.416 e. The predicted molar refractivity (Wildman–Crippen MR) is 128 cm³/mol. The monoisotopic (exact) mass is 523 g/mol. The van der Waals surface area contributed by atoms with E-state index in [1.165, 1.54) is 26.0 Å². The summed E-state index contributed by atoms with van der Waals surface area (Å²) in [7, 11) is 2.04. The summed E-state index contributed by atoms with van der Waals surface area (Å²) in [5, 5.41) is 2.42. The predicted octanol–water partition coefficient (Wildman–Crippen LogP) is 4.83. The highest BCUT2D eigenvalue weighted by Gasteiger charge is 2.49. The molecule has 2 aliphatic heterocycles. The van der Waals surface area contributed by atoms with Crippen molar-refractivity contribution < 1.29 is 31.5 Å². The van der Waals surface area contributed by atoms with Crippen LogP contribution < -0.4 is 5.32 Å². The quantitative estimate of drug-likeness (QED) is 0.585. The first kappa shape index (κ1) is 27.0. The Labute approximate surface area is 212 Å². The number of benzene rings is 2. The molecule has 2 aromatic carbocycles. The van der Waals surface area contributed by atoms with Gasteiger partial charge in [-0.05, 0) is 75.0 Å². The maximum absolute atomic E-state index is 14.2.